The molecule has 0 unspecified atom stereocenters. The Morgan fingerprint density at radius 1 is 1.27 bits per heavy atom. The number of anilines is 2. The molecule has 22 heavy (non-hydrogen) atoms. The molecular weight excluding hydrogens is 296 g/mol. The fourth-order valence-corrected chi connectivity index (χ4v) is 3.67. The van der Waals surface area contributed by atoms with Crippen LogP contribution in [-0.2, 0) is 0 Å². The van der Waals surface area contributed by atoms with Crippen molar-refractivity contribution in [3.8, 4) is 0 Å². The number of nitrogens with one attached hydrogen (secondary N) is 1. The minimum atomic E-state index is 0.422. The van der Waals surface area contributed by atoms with E-state index in [0.717, 1.165) is 27.6 Å². The lowest BCUT2D eigenvalue weighted by Crippen LogP contribution is -2.26. The number of likely N-dealkylation sites (tertiary alicyclic amines) is 1. The predicted octanol–water partition coefficient (Wildman–Crippen LogP) is 2.93. The van der Waals surface area contributed by atoms with Gasteiger partial charge in [0, 0.05) is 6.54 Å². The second-order valence-corrected chi connectivity index (χ2v) is 7.36. The van der Waals surface area contributed by atoms with E-state index in [1.807, 2.05) is 13.1 Å². The maximum Gasteiger partial charge on any atom is 0.211 e. The Labute approximate surface area is 134 Å². The molecule has 2 aromatic heterocycles. The van der Waals surface area contributed by atoms with Gasteiger partial charge in [0.15, 0.2) is 5.82 Å². The Kier molecular flexibility index (Phi) is 3.75. The smallest absolute Gasteiger partial charge is 0.211 e. The van der Waals surface area contributed by atoms with Crippen LogP contribution in [0.2, 0.25) is 0 Å². The molecule has 1 atom stereocenters. The fourth-order valence-electron chi connectivity index (χ4n) is 3.07. The van der Waals surface area contributed by atoms with Crippen LogP contribution in [0, 0.1) is 12.8 Å². The lowest BCUT2D eigenvalue weighted by molar-refractivity contribution is 0.242. The third-order valence-electron chi connectivity index (χ3n) is 4.31. The third kappa shape index (κ3) is 3.10. The molecule has 116 valence electrons. The summed E-state index contributed by atoms with van der Waals surface area (Å²) in [5.41, 5.74) is 1.07. The monoisotopic (exact) mass is 316 g/mol. The van der Waals surface area contributed by atoms with Gasteiger partial charge < -0.3 is 5.32 Å². The van der Waals surface area contributed by atoms with Crippen molar-refractivity contribution in [2.24, 2.45) is 5.92 Å². The topological polar surface area (TPSA) is 66.8 Å². The zero-order valence-electron chi connectivity index (χ0n) is 12.7. The average molecular weight is 316 g/mol. The summed E-state index contributed by atoms with van der Waals surface area (Å²) in [5.74, 6) is 1.67. The molecule has 0 amide bonds. The third-order valence-corrected chi connectivity index (χ3v) is 5.06. The van der Waals surface area contributed by atoms with Gasteiger partial charge in [-0.25, -0.2) is 4.98 Å². The Morgan fingerprint density at radius 2 is 2.18 bits per heavy atom. The van der Waals surface area contributed by atoms with Crippen molar-refractivity contribution in [3.05, 3.63) is 23.1 Å². The Balaban J connectivity index is 1.50. The van der Waals surface area contributed by atoms with Crippen molar-refractivity contribution < 1.29 is 0 Å². The van der Waals surface area contributed by atoms with Crippen LogP contribution in [0.1, 0.15) is 42.4 Å². The van der Waals surface area contributed by atoms with E-state index in [2.05, 4.69) is 25.4 Å². The van der Waals surface area contributed by atoms with Crippen LogP contribution in [0.4, 0.5) is 10.9 Å². The van der Waals surface area contributed by atoms with Gasteiger partial charge in [-0.15, -0.1) is 10.2 Å². The molecule has 0 radical (unpaired) electrons. The van der Waals surface area contributed by atoms with Gasteiger partial charge in [0.1, 0.15) is 5.01 Å². The van der Waals surface area contributed by atoms with E-state index < -0.39 is 0 Å². The SMILES string of the molecule is Cc1nnc(Nc2cncc([C@@H]3CCCN3CC3CC3)n2)s1. The highest BCUT2D eigenvalue weighted by Gasteiger charge is 2.32. The Hall–Kier alpha value is -1.60. The number of nitrogens with zero attached hydrogens (tertiary/aromatic N) is 5. The van der Waals surface area contributed by atoms with Crippen molar-refractivity contribution in [1.82, 2.24) is 25.1 Å². The zero-order chi connectivity index (χ0) is 14.9. The maximum atomic E-state index is 4.76. The summed E-state index contributed by atoms with van der Waals surface area (Å²) < 4.78 is 0. The highest BCUT2D eigenvalue weighted by atomic mass is 32.1. The van der Waals surface area contributed by atoms with Gasteiger partial charge in [0.05, 0.1) is 24.1 Å². The average Bonchev–Trinajstić information content (AvgIpc) is 3.04. The number of hydrogen-bond donors (Lipinski definition) is 1. The molecular formula is C15H20N6S. The molecule has 1 saturated carbocycles. The van der Waals surface area contributed by atoms with E-state index >= 15 is 0 Å². The summed E-state index contributed by atoms with van der Waals surface area (Å²) in [4.78, 5) is 11.7. The van der Waals surface area contributed by atoms with Crippen LogP contribution in [0.15, 0.2) is 12.4 Å². The van der Waals surface area contributed by atoms with Crippen molar-refractivity contribution in [3.63, 3.8) is 0 Å². The molecule has 1 saturated heterocycles. The van der Waals surface area contributed by atoms with Crippen LogP contribution in [-0.4, -0.2) is 38.2 Å². The number of rotatable bonds is 5. The predicted molar refractivity (Wildman–Crippen MR) is 86.2 cm³/mol. The molecule has 0 aromatic carbocycles. The number of aromatic nitrogens is 4. The molecule has 4 rings (SSSR count). The Morgan fingerprint density at radius 3 is 2.95 bits per heavy atom. The summed E-state index contributed by atoms with van der Waals surface area (Å²) in [7, 11) is 0. The van der Waals surface area contributed by atoms with E-state index in [1.165, 1.54) is 50.1 Å². The molecule has 0 bridgehead atoms. The summed E-state index contributed by atoms with van der Waals surface area (Å²) in [6.07, 6.45) is 8.89. The normalized spacial score (nSPS) is 22.1. The molecule has 3 heterocycles. The second-order valence-electron chi connectivity index (χ2n) is 6.18. The van der Waals surface area contributed by atoms with E-state index in [4.69, 9.17) is 4.98 Å². The Bertz CT molecular complexity index is 653. The minimum absolute atomic E-state index is 0.422. The summed E-state index contributed by atoms with van der Waals surface area (Å²) >= 11 is 1.53. The first-order chi connectivity index (χ1) is 10.8. The molecule has 2 aliphatic rings. The van der Waals surface area contributed by atoms with Gasteiger partial charge in [-0.3, -0.25) is 9.88 Å². The van der Waals surface area contributed by atoms with E-state index in [9.17, 15) is 0 Å². The molecule has 0 spiro atoms. The summed E-state index contributed by atoms with van der Waals surface area (Å²) in [6, 6.07) is 0.422. The molecule has 1 aliphatic carbocycles. The highest BCUT2D eigenvalue weighted by Crippen LogP contribution is 2.37. The first-order valence-corrected chi connectivity index (χ1v) is 8.73. The van der Waals surface area contributed by atoms with Crippen LogP contribution >= 0.6 is 11.3 Å². The molecule has 1 N–H and O–H groups in total. The van der Waals surface area contributed by atoms with E-state index in [1.54, 1.807) is 6.20 Å². The van der Waals surface area contributed by atoms with Gasteiger partial charge in [0.2, 0.25) is 5.13 Å². The van der Waals surface area contributed by atoms with E-state index in [-0.39, 0.29) is 0 Å². The van der Waals surface area contributed by atoms with Gasteiger partial charge in [-0.2, -0.15) is 0 Å². The van der Waals surface area contributed by atoms with Crippen molar-refractivity contribution in [2.75, 3.05) is 18.4 Å². The zero-order valence-corrected chi connectivity index (χ0v) is 13.5. The van der Waals surface area contributed by atoms with Crippen LogP contribution in [0.5, 0.6) is 0 Å². The summed E-state index contributed by atoms with van der Waals surface area (Å²) in [6.45, 7) is 4.36. The molecule has 2 aromatic rings. The molecule has 6 nitrogen and oxygen atoms in total. The maximum absolute atomic E-state index is 4.76. The highest BCUT2D eigenvalue weighted by molar-refractivity contribution is 7.15. The van der Waals surface area contributed by atoms with Gasteiger partial charge in [-0.1, -0.05) is 11.3 Å². The van der Waals surface area contributed by atoms with Gasteiger partial charge in [-0.05, 0) is 45.1 Å². The fraction of sp³-hybridized carbons (Fsp3) is 0.600. The summed E-state index contributed by atoms with van der Waals surface area (Å²) in [5, 5.41) is 13.0. The van der Waals surface area contributed by atoms with Gasteiger partial charge >= 0.3 is 0 Å². The van der Waals surface area contributed by atoms with Crippen LogP contribution < -0.4 is 5.32 Å². The lowest BCUT2D eigenvalue weighted by atomic mass is 10.1. The lowest BCUT2D eigenvalue weighted by Gasteiger charge is -2.23. The van der Waals surface area contributed by atoms with E-state index in [0.29, 0.717) is 6.04 Å². The first kappa shape index (κ1) is 14.0. The van der Waals surface area contributed by atoms with Crippen LogP contribution in [0.3, 0.4) is 0 Å². The molecule has 7 heteroatoms. The standard InChI is InChI=1S/C15H20N6S/c1-10-19-20-15(22-10)18-14-8-16-7-12(17-14)13-3-2-6-21(13)9-11-4-5-11/h7-8,11,13H,2-6,9H2,1H3,(H,17,18,20)/t13-/m0/s1. The second kappa shape index (κ2) is 5.89. The number of hydrogen-bond acceptors (Lipinski definition) is 7. The van der Waals surface area contributed by atoms with Gasteiger partial charge in [0.25, 0.3) is 0 Å². The van der Waals surface area contributed by atoms with Crippen molar-refractivity contribution in [1.29, 1.82) is 0 Å². The molecule has 2 fully saturated rings. The first-order valence-electron chi connectivity index (χ1n) is 7.91. The van der Waals surface area contributed by atoms with Crippen molar-refractivity contribution in [2.45, 2.75) is 38.6 Å². The minimum Gasteiger partial charge on any atom is -0.313 e. The largest absolute Gasteiger partial charge is 0.313 e. The molecule has 1 aliphatic heterocycles. The van der Waals surface area contributed by atoms with Crippen molar-refractivity contribution >= 4 is 22.3 Å². The quantitative estimate of drug-likeness (QED) is 0.915. The van der Waals surface area contributed by atoms with Crippen LogP contribution in [0.25, 0.3) is 0 Å². The number of aryl methyl sites for hydroxylation is 1.